The van der Waals surface area contributed by atoms with Gasteiger partial charge in [-0.15, -0.1) is 11.3 Å². The Balaban J connectivity index is 2.50. The van der Waals surface area contributed by atoms with Gasteiger partial charge in [-0.25, -0.2) is 9.97 Å². The van der Waals surface area contributed by atoms with Crippen LogP contribution in [0.3, 0.4) is 0 Å². The summed E-state index contributed by atoms with van der Waals surface area (Å²) in [6.07, 6.45) is 2.47. The lowest BCUT2D eigenvalue weighted by molar-refractivity contribution is 0.631. The summed E-state index contributed by atoms with van der Waals surface area (Å²) in [7, 11) is 0. The van der Waals surface area contributed by atoms with Gasteiger partial charge in [0.2, 0.25) is 0 Å². The Bertz CT molecular complexity index is 563. The fraction of sp³-hybridized carbons (Fsp3) is 0.364. The molecule has 0 atom stereocenters. The van der Waals surface area contributed by atoms with E-state index < -0.39 is 0 Å². The SMILES string of the molecule is CC(C)Cc1nc(-c2nccs2)[nH]c(=O)c1Br. The Morgan fingerprint density at radius 1 is 1.53 bits per heavy atom. The van der Waals surface area contributed by atoms with E-state index in [4.69, 9.17) is 0 Å². The molecule has 0 unspecified atom stereocenters. The fourth-order valence-corrected chi connectivity index (χ4v) is 2.40. The van der Waals surface area contributed by atoms with Crippen molar-refractivity contribution in [3.05, 3.63) is 32.1 Å². The van der Waals surface area contributed by atoms with Gasteiger partial charge in [-0.1, -0.05) is 13.8 Å². The van der Waals surface area contributed by atoms with Crippen LogP contribution in [0.2, 0.25) is 0 Å². The van der Waals surface area contributed by atoms with Crippen molar-refractivity contribution in [2.24, 2.45) is 5.92 Å². The first-order valence-corrected chi connectivity index (χ1v) is 6.93. The number of nitrogens with one attached hydrogen (secondary N) is 1. The summed E-state index contributed by atoms with van der Waals surface area (Å²) >= 11 is 4.74. The van der Waals surface area contributed by atoms with Gasteiger partial charge in [-0.2, -0.15) is 0 Å². The van der Waals surface area contributed by atoms with Crippen LogP contribution in [0, 0.1) is 5.92 Å². The van der Waals surface area contributed by atoms with Crippen LogP contribution in [0.1, 0.15) is 19.5 Å². The Morgan fingerprint density at radius 2 is 2.29 bits per heavy atom. The number of aromatic amines is 1. The van der Waals surface area contributed by atoms with E-state index in [1.165, 1.54) is 11.3 Å². The molecule has 1 N–H and O–H groups in total. The van der Waals surface area contributed by atoms with E-state index in [0.717, 1.165) is 17.1 Å². The van der Waals surface area contributed by atoms with Crippen LogP contribution >= 0.6 is 27.3 Å². The van der Waals surface area contributed by atoms with Gasteiger partial charge in [-0.05, 0) is 28.3 Å². The average molecular weight is 314 g/mol. The minimum Gasteiger partial charge on any atom is -0.304 e. The highest BCUT2D eigenvalue weighted by Gasteiger charge is 2.12. The van der Waals surface area contributed by atoms with Gasteiger partial charge in [0.25, 0.3) is 5.56 Å². The maximum atomic E-state index is 11.8. The van der Waals surface area contributed by atoms with Crippen molar-refractivity contribution in [2.45, 2.75) is 20.3 Å². The summed E-state index contributed by atoms with van der Waals surface area (Å²) in [6.45, 7) is 4.19. The molecule has 2 rings (SSSR count). The number of rotatable bonds is 3. The molecule has 2 heterocycles. The lowest BCUT2D eigenvalue weighted by Crippen LogP contribution is -2.14. The minimum absolute atomic E-state index is 0.152. The van der Waals surface area contributed by atoms with E-state index in [1.54, 1.807) is 6.20 Å². The molecule has 0 saturated carbocycles. The first-order chi connectivity index (χ1) is 8.08. The maximum Gasteiger partial charge on any atom is 0.265 e. The van der Waals surface area contributed by atoms with Gasteiger partial charge in [0.1, 0.15) is 4.47 Å². The monoisotopic (exact) mass is 313 g/mol. The standard InChI is InChI=1S/C11H12BrN3OS/c1-6(2)5-7-8(12)10(16)15-9(14-7)11-13-3-4-17-11/h3-4,6H,5H2,1-2H3,(H,14,15,16). The normalized spacial score (nSPS) is 11.1. The maximum absolute atomic E-state index is 11.8. The fourth-order valence-electron chi connectivity index (χ4n) is 1.47. The largest absolute Gasteiger partial charge is 0.304 e. The first-order valence-electron chi connectivity index (χ1n) is 5.26. The zero-order valence-electron chi connectivity index (χ0n) is 9.53. The summed E-state index contributed by atoms with van der Waals surface area (Å²) in [5.41, 5.74) is 0.634. The lowest BCUT2D eigenvalue weighted by Gasteiger charge is -2.07. The molecule has 0 fully saturated rings. The molecule has 2 aromatic rings. The molecule has 0 radical (unpaired) electrons. The predicted octanol–water partition coefficient (Wildman–Crippen LogP) is 2.85. The Morgan fingerprint density at radius 3 is 2.88 bits per heavy atom. The van der Waals surface area contributed by atoms with Crippen LogP contribution < -0.4 is 5.56 Å². The molecule has 0 aliphatic heterocycles. The molecule has 0 amide bonds. The molecule has 0 aliphatic rings. The van der Waals surface area contributed by atoms with Crippen molar-refractivity contribution < 1.29 is 0 Å². The first kappa shape index (κ1) is 12.4. The van der Waals surface area contributed by atoms with Crippen molar-refractivity contribution in [2.75, 3.05) is 0 Å². The van der Waals surface area contributed by atoms with Crippen molar-refractivity contribution in [3.8, 4) is 10.8 Å². The number of thiazole rings is 1. The van der Waals surface area contributed by atoms with E-state index >= 15 is 0 Å². The highest BCUT2D eigenvalue weighted by molar-refractivity contribution is 9.10. The number of hydrogen-bond donors (Lipinski definition) is 1. The topological polar surface area (TPSA) is 58.6 Å². The summed E-state index contributed by atoms with van der Waals surface area (Å²) in [5, 5.41) is 2.60. The Kier molecular flexibility index (Phi) is 3.73. The third-order valence-electron chi connectivity index (χ3n) is 2.17. The van der Waals surface area contributed by atoms with Gasteiger partial charge < -0.3 is 4.98 Å². The number of nitrogens with zero attached hydrogens (tertiary/aromatic N) is 2. The van der Waals surface area contributed by atoms with E-state index in [-0.39, 0.29) is 5.56 Å². The highest BCUT2D eigenvalue weighted by Crippen LogP contribution is 2.20. The number of hydrogen-bond acceptors (Lipinski definition) is 4. The second kappa shape index (κ2) is 5.10. The van der Waals surface area contributed by atoms with Crippen LogP contribution in [0.15, 0.2) is 20.8 Å². The number of H-pyrrole nitrogens is 1. The summed E-state index contributed by atoms with van der Waals surface area (Å²) in [6, 6.07) is 0. The zero-order valence-corrected chi connectivity index (χ0v) is 11.9. The second-order valence-corrected chi connectivity index (χ2v) is 5.80. The van der Waals surface area contributed by atoms with Crippen molar-refractivity contribution >= 4 is 27.3 Å². The highest BCUT2D eigenvalue weighted by atomic mass is 79.9. The van der Waals surface area contributed by atoms with Gasteiger partial charge in [0.15, 0.2) is 10.8 Å². The molecule has 0 aliphatic carbocycles. The van der Waals surface area contributed by atoms with Crippen LogP contribution in [-0.2, 0) is 6.42 Å². The molecule has 0 saturated heterocycles. The smallest absolute Gasteiger partial charge is 0.265 e. The van der Waals surface area contributed by atoms with E-state index in [2.05, 4.69) is 44.7 Å². The van der Waals surface area contributed by atoms with Crippen LogP contribution in [0.25, 0.3) is 10.8 Å². The third-order valence-corrected chi connectivity index (χ3v) is 3.77. The van der Waals surface area contributed by atoms with E-state index in [1.807, 2.05) is 5.38 Å². The van der Waals surface area contributed by atoms with Crippen molar-refractivity contribution in [3.63, 3.8) is 0 Å². The van der Waals surface area contributed by atoms with E-state index in [0.29, 0.717) is 16.2 Å². The van der Waals surface area contributed by atoms with Crippen LogP contribution in [0.5, 0.6) is 0 Å². The van der Waals surface area contributed by atoms with Gasteiger partial charge in [-0.3, -0.25) is 4.79 Å². The minimum atomic E-state index is -0.152. The lowest BCUT2D eigenvalue weighted by atomic mass is 10.1. The van der Waals surface area contributed by atoms with Gasteiger partial charge >= 0.3 is 0 Å². The van der Waals surface area contributed by atoms with E-state index in [9.17, 15) is 4.79 Å². The summed E-state index contributed by atoms with van der Waals surface area (Å²) in [5.74, 6) is 0.994. The van der Waals surface area contributed by atoms with Crippen LogP contribution in [0.4, 0.5) is 0 Å². The van der Waals surface area contributed by atoms with Crippen LogP contribution in [-0.4, -0.2) is 15.0 Å². The quantitative estimate of drug-likeness (QED) is 0.948. The molecule has 4 nitrogen and oxygen atoms in total. The van der Waals surface area contributed by atoms with Gasteiger partial charge in [0, 0.05) is 11.6 Å². The molecule has 0 aromatic carbocycles. The third kappa shape index (κ3) is 2.81. The molecule has 0 bridgehead atoms. The number of aromatic nitrogens is 3. The summed E-state index contributed by atoms with van der Waals surface area (Å²) < 4.78 is 0.520. The molecular formula is C11H12BrN3OS. The second-order valence-electron chi connectivity index (χ2n) is 4.11. The molecule has 0 spiro atoms. The Hall–Kier alpha value is -1.01. The van der Waals surface area contributed by atoms with Gasteiger partial charge in [0.05, 0.1) is 5.69 Å². The molecule has 2 aromatic heterocycles. The Labute approximate surface area is 111 Å². The number of halogens is 1. The summed E-state index contributed by atoms with van der Waals surface area (Å²) in [4.78, 5) is 23.1. The average Bonchev–Trinajstić information content (AvgIpc) is 2.77. The molecule has 17 heavy (non-hydrogen) atoms. The van der Waals surface area contributed by atoms with Crippen molar-refractivity contribution in [1.29, 1.82) is 0 Å². The van der Waals surface area contributed by atoms with Crippen molar-refractivity contribution in [1.82, 2.24) is 15.0 Å². The predicted molar refractivity (Wildman–Crippen MR) is 72.2 cm³/mol. The molecule has 90 valence electrons. The molecular weight excluding hydrogens is 302 g/mol. The zero-order chi connectivity index (χ0) is 12.4. The molecule has 6 heteroatoms.